The van der Waals surface area contributed by atoms with Crippen LogP contribution in [0.3, 0.4) is 0 Å². The van der Waals surface area contributed by atoms with Gasteiger partial charge in [-0.25, -0.2) is 9.97 Å². The Morgan fingerprint density at radius 1 is 1.44 bits per heavy atom. The summed E-state index contributed by atoms with van der Waals surface area (Å²) in [6, 6.07) is 2.13. The maximum Gasteiger partial charge on any atom is 0.225 e. The van der Waals surface area contributed by atoms with E-state index in [9.17, 15) is 4.79 Å². The first kappa shape index (κ1) is 12.8. The minimum absolute atomic E-state index is 0.103. The van der Waals surface area contributed by atoms with Gasteiger partial charge in [0.1, 0.15) is 11.6 Å². The second kappa shape index (κ2) is 4.55. The van der Waals surface area contributed by atoms with Crippen molar-refractivity contribution in [3.63, 3.8) is 0 Å². The van der Waals surface area contributed by atoms with Gasteiger partial charge in [0.05, 0.1) is 6.04 Å². The van der Waals surface area contributed by atoms with Gasteiger partial charge in [0.25, 0.3) is 0 Å². The standard InChI is InChI=1S/C13H20N4O/c1-9-14-6-5-11(15-9)17-7-10(8-17)16-12(18)13(2,3)4/h5-6,10H,7-8H2,1-4H3,(H,16,18). The van der Waals surface area contributed by atoms with Crippen molar-refractivity contribution in [3.8, 4) is 0 Å². The largest absolute Gasteiger partial charge is 0.352 e. The summed E-state index contributed by atoms with van der Waals surface area (Å²) in [5, 5.41) is 3.05. The number of nitrogens with one attached hydrogen (secondary N) is 1. The Labute approximate surface area is 108 Å². The lowest BCUT2D eigenvalue weighted by atomic mass is 9.94. The predicted molar refractivity (Wildman–Crippen MR) is 70.4 cm³/mol. The van der Waals surface area contributed by atoms with E-state index in [1.807, 2.05) is 33.8 Å². The zero-order valence-corrected chi connectivity index (χ0v) is 11.4. The van der Waals surface area contributed by atoms with Gasteiger partial charge in [-0.15, -0.1) is 0 Å². The van der Waals surface area contributed by atoms with Crippen molar-refractivity contribution in [1.29, 1.82) is 0 Å². The maximum absolute atomic E-state index is 11.8. The van der Waals surface area contributed by atoms with Crippen LogP contribution >= 0.6 is 0 Å². The molecule has 0 radical (unpaired) electrons. The molecule has 2 heterocycles. The molecule has 1 aromatic heterocycles. The molecule has 1 aliphatic heterocycles. The van der Waals surface area contributed by atoms with Gasteiger partial charge in [-0.3, -0.25) is 4.79 Å². The van der Waals surface area contributed by atoms with Crippen molar-refractivity contribution in [2.45, 2.75) is 33.7 Å². The Morgan fingerprint density at radius 2 is 2.11 bits per heavy atom. The minimum atomic E-state index is -0.327. The van der Waals surface area contributed by atoms with Crippen LogP contribution in [0.15, 0.2) is 12.3 Å². The number of nitrogens with zero attached hydrogens (tertiary/aromatic N) is 3. The number of aromatic nitrogens is 2. The number of hydrogen-bond acceptors (Lipinski definition) is 4. The van der Waals surface area contributed by atoms with Crippen LogP contribution < -0.4 is 10.2 Å². The van der Waals surface area contributed by atoms with E-state index in [-0.39, 0.29) is 17.4 Å². The first-order chi connectivity index (χ1) is 8.36. The molecule has 98 valence electrons. The highest BCUT2D eigenvalue weighted by Crippen LogP contribution is 2.19. The molecular weight excluding hydrogens is 228 g/mol. The topological polar surface area (TPSA) is 58.1 Å². The second-order valence-corrected chi connectivity index (χ2v) is 5.79. The highest BCUT2D eigenvalue weighted by Gasteiger charge is 2.32. The first-order valence-electron chi connectivity index (χ1n) is 6.22. The van der Waals surface area contributed by atoms with Crippen molar-refractivity contribution in [3.05, 3.63) is 18.1 Å². The summed E-state index contributed by atoms with van der Waals surface area (Å²) in [4.78, 5) is 22.4. The molecule has 1 aliphatic rings. The maximum atomic E-state index is 11.8. The highest BCUT2D eigenvalue weighted by molar-refractivity contribution is 5.82. The Morgan fingerprint density at radius 3 is 2.67 bits per heavy atom. The fourth-order valence-electron chi connectivity index (χ4n) is 1.78. The first-order valence-corrected chi connectivity index (χ1v) is 6.22. The molecular formula is C13H20N4O. The van der Waals surface area contributed by atoms with Gasteiger partial charge < -0.3 is 10.2 Å². The van der Waals surface area contributed by atoms with E-state index < -0.39 is 0 Å². The lowest BCUT2D eigenvalue weighted by molar-refractivity contribution is -0.129. The summed E-state index contributed by atoms with van der Waals surface area (Å²) in [7, 11) is 0. The SMILES string of the molecule is Cc1nccc(N2CC(NC(=O)C(C)(C)C)C2)n1. The molecule has 0 aromatic carbocycles. The Kier molecular flexibility index (Phi) is 3.24. The van der Waals surface area contributed by atoms with E-state index in [4.69, 9.17) is 0 Å². The summed E-state index contributed by atoms with van der Waals surface area (Å²) in [5.74, 6) is 1.81. The van der Waals surface area contributed by atoms with Crippen molar-refractivity contribution in [2.75, 3.05) is 18.0 Å². The number of carbonyl (C=O) groups excluding carboxylic acids is 1. The lowest BCUT2D eigenvalue weighted by Gasteiger charge is -2.41. The second-order valence-electron chi connectivity index (χ2n) is 5.79. The summed E-state index contributed by atoms with van der Waals surface area (Å²) < 4.78 is 0. The van der Waals surface area contributed by atoms with Crippen LogP contribution in [0.2, 0.25) is 0 Å². The number of rotatable bonds is 2. The lowest BCUT2D eigenvalue weighted by Crippen LogP contribution is -2.61. The molecule has 1 fully saturated rings. The van der Waals surface area contributed by atoms with E-state index in [1.165, 1.54) is 0 Å². The van der Waals surface area contributed by atoms with Gasteiger partial charge in [-0.1, -0.05) is 20.8 Å². The van der Waals surface area contributed by atoms with E-state index in [1.54, 1.807) is 6.20 Å². The van der Waals surface area contributed by atoms with E-state index in [2.05, 4.69) is 20.2 Å². The van der Waals surface area contributed by atoms with Crippen LogP contribution in [0.1, 0.15) is 26.6 Å². The van der Waals surface area contributed by atoms with Crippen molar-refractivity contribution in [2.24, 2.45) is 5.41 Å². The fraction of sp³-hybridized carbons (Fsp3) is 0.615. The molecule has 18 heavy (non-hydrogen) atoms. The molecule has 1 saturated heterocycles. The number of aryl methyl sites for hydroxylation is 1. The average Bonchev–Trinajstić information content (AvgIpc) is 2.20. The Bertz CT molecular complexity index is 447. The van der Waals surface area contributed by atoms with Crippen molar-refractivity contribution in [1.82, 2.24) is 15.3 Å². The van der Waals surface area contributed by atoms with Crippen LogP contribution in [0.4, 0.5) is 5.82 Å². The van der Waals surface area contributed by atoms with Crippen LogP contribution in [-0.2, 0) is 4.79 Å². The third-order valence-corrected chi connectivity index (χ3v) is 2.98. The molecule has 5 heteroatoms. The number of carbonyl (C=O) groups is 1. The fourth-order valence-corrected chi connectivity index (χ4v) is 1.78. The summed E-state index contributed by atoms with van der Waals surface area (Å²) in [6.07, 6.45) is 1.76. The predicted octanol–water partition coefficient (Wildman–Crippen LogP) is 1.14. The number of amides is 1. The highest BCUT2D eigenvalue weighted by atomic mass is 16.2. The molecule has 0 aliphatic carbocycles. The van der Waals surface area contributed by atoms with Crippen molar-refractivity contribution >= 4 is 11.7 Å². The zero-order chi connectivity index (χ0) is 13.3. The average molecular weight is 248 g/mol. The van der Waals surface area contributed by atoms with Gasteiger partial charge in [0.15, 0.2) is 0 Å². The van der Waals surface area contributed by atoms with E-state index >= 15 is 0 Å². The third kappa shape index (κ3) is 2.78. The molecule has 1 aromatic rings. The van der Waals surface area contributed by atoms with Crippen LogP contribution in [0, 0.1) is 12.3 Å². The molecule has 1 amide bonds. The van der Waals surface area contributed by atoms with Gasteiger partial charge in [0, 0.05) is 24.7 Å². The van der Waals surface area contributed by atoms with Gasteiger partial charge >= 0.3 is 0 Å². The van der Waals surface area contributed by atoms with Gasteiger partial charge in [-0.2, -0.15) is 0 Å². The summed E-state index contributed by atoms with van der Waals surface area (Å²) in [6.45, 7) is 9.28. The molecule has 1 N–H and O–H groups in total. The molecule has 0 unspecified atom stereocenters. The summed E-state index contributed by atoms with van der Waals surface area (Å²) in [5.41, 5.74) is -0.327. The normalized spacial score (nSPS) is 16.3. The Hall–Kier alpha value is -1.65. The third-order valence-electron chi connectivity index (χ3n) is 2.98. The number of anilines is 1. The van der Waals surface area contributed by atoms with Crippen LogP contribution in [0.25, 0.3) is 0 Å². The molecule has 0 saturated carbocycles. The van der Waals surface area contributed by atoms with E-state index in [0.29, 0.717) is 0 Å². The van der Waals surface area contributed by atoms with Crippen molar-refractivity contribution < 1.29 is 4.79 Å². The molecule has 5 nitrogen and oxygen atoms in total. The Balaban J connectivity index is 1.86. The molecule has 0 atom stereocenters. The summed E-state index contributed by atoms with van der Waals surface area (Å²) >= 11 is 0. The molecule has 0 spiro atoms. The van der Waals surface area contributed by atoms with Gasteiger partial charge in [-0.05, 0) is 13.0 Å². The monoisotopic (exact) mass is 248 g/mol. The van der Waals surface area contributed by atoms with Crippen LogP contribution in [0.5, 0.6) is 0 Å². The molecule has 2 rings (SSSR count). The smallest absolute Gasteiger partial charge is 0.225 e. The zero-order valence-electron chi connectivity index (χ0n) is 11.4. The van der Waals surface area contributed by atoms with Crippen LogP contribution in [-0.4, -0.2) is 35.0 Å². The van der Waals surface area contributed by atoms with E-state index in [0.717, 1.165) is 24.7 Å². The minimum Gasteiger partial charge on any atom is -0.352 e. The quantitative estimate of drug-likeness (QED) is 0.852. The molecule has 0 bridgehead atoms. The number of hydrogen-bond donors (Lipinski definition) is 1. The van der Waals surface area contributed by atoms with Gasteiger partial charge in [0.2, 0.25) is 5.91 Å².